The van der Waals surface area contributed by atoms with Gasteiger partial charge in [0.15, 0.2) is 0 Å². The Kier molecular flexibility index (Phi) is 4.41. The third kappa shape index (κ3) is 2.60. The van der Waals surface area contributed by atoms with Crippen LogP contribution < -0.4 is 5.73 Å². The molecule has 1 aromatic rings. The summed E-state index contributed by atoms with van der Waals surface area (Å²) in [6.07, 6.45) is 5.97. The Morgan fingerprint density at radius 2 is 1.89 bits per heavy atom. The quantitative estimate of drug-likeness (QED) is 0.879. The number of benzene rings is 1. The molecule has 1 saturated carbocycles. The minimum atomic E-state index is -0.140. The monoisotopic (exact) mass is 247 g/mol. The van der Waals surface area contributed by atoms with Crippen molar-refractivity contribution >= 4 is 0 Å². The second-order valence-corrected chi connectivity index (χ2v) is 5.39. The number of hydrogen-bond donors (Lipinski definition) is 1. The lowest BCUT2D eigenvalue weighted by atomic mass is 9.76. The van der Waals surface area contributed by atoms with Gasteiger partial charge in [0.25, 0.3) is 0 Å². The summed E-state index contributed by atoms with van der Waals surface area (Å²) in [5, 5.41) is 0. The van der Waals surface area contributed by atoms with E-state index in [-0.39, 0.29) is 11.6 Å². The van der Waals surface area contributed by atoms with Crippen LogP contribution in [0, 0.1) is 6.92 Å². The van der Waals surface area contributed by atoms with Crippen LogP contribution in [0.15, 0.2) is 24.3 Å². The van der Waals surface area contributed by atoms with Crippen molar-refractivity contribution in [2.75, 3.05) is 6.61 Å². The molecule has 2 heteroatoms. The summed E-state index contributed by atoms with van der Waals surface area (Å²) in [5.41, 5.74) is 8.94. The molecule has 0 amide bonds. The van der Waals surface area contributed by atoms with Crippen molar-refractivity contribution in [2.24, 2.45) is 5.73 Å². The maximum atomic E-state index is 6.57. The predicted molar refractivity (Wildman–Crippen MR) is 75.5 cm³/mol. The summed E-state index contributed by atoms with van der Waals surface area (Å²) in [4.78, 5) is 0. The van der Waals surface area contributed by atoms with E-state index in [4.69, 9.17) is 10.5 Å². The summed E-state index contributed by atoms with van der Waals surface area (Å²) < 4.78 is 6.12. The number of rotatable bonds is 4. The van der Waals surface area contributed by atoms with Gasteiger partial charge in [-0.3, -0.25) is 0 Å². The van der Waals surface area contributed by atoms with E-state index in [1.54, 1.807) is 0 Å². The maximum absolute atomic E-state index is 6.57. The van der Waals surface area contributed by atoms with Crippen molar-refractivity contribution < 1.29 is 4.74 Å². The van der Waals surface area contributed by atoms with Crippen LogP contribution in [0.5, 0.6) is 0 Å². The average Bonchev–Trinajstić information content (AvgIpc) is 2.40. The smallest absolute Gasteiger partial charge is 0.0874 e. The highest BCUT2D eigenvalue weighted by Gasteiger charge is 2.39. The van der Waals surface area contributed by atoms with Crippen molar-refractivity contribution in [1.29, 1.82) is 0 Å². The van der Waals surface area contributed by atoms with Gasteiger partial charge in [-0.15, -0.1) is 0 Å². The lowest BCUT2D eigenvalue weighted by Crippen LogP contribution is -2.45. The first kappa shape index (κ1) is 13.6. The van der Waals surface area contributed by atoms with Crippen molar-refractivity contribution in [3.8, 4) is 0 Å². The van der Waals surface area contributed by atoms with E-state index in [9.17, 15) is 0 Å². The number of nitrogens with two attached hydrogens (primary N) is 1. The molecule has 100 valence electrons. The fourth-order valence-electron chi connectivity index (χ4n) is 3.20. The van der Waals surface area contributed by atoms with E-state index in [1.165, 1.54) is 30.4 Å². The van der Waals surface area contributed by atoms with Gasteiger partial charge in [-0.1, -0.05) is 43.5 Å². The second-order valence-electron chi connectivity index (χ2n) is 5.39. The molecule has 0 bridgehead atoms. The molecule has 1 fully saturated rings. The Morgan fingerprint density at radius 1 is 1.22 bits per heavy atom. The molecule has 0 aliphatic heterocycles. The van der Waals surface area contributed by atoms with Crippen molar-refractivity contribution in [2.45, 2.75) is 57.6 Å². The molecular weight excluding hydrogens is 222 g/mol. The van der Waals surface area contributed by atoms with Gasteiger partial charge in [0, 0.05) is 6.61 Å². The Labute approximate surface area is 111 Å². The van der Waals surface area contributed by atoms with E-state index in [1.807, 2.05) is 0 Å². The number of hydrogen-bond acceptors (Lipinski definition) is 2. The molecule has 1 atom stereocenters. The van der Waals surface area contributed by atoms with E-state index in [0.717, 1.165) is 19.4 Å². The van der Waals surface area contributed by atoms with E-state index < -0.39 is 0 Å². The van der Waals surface area contributed by atoms with Crippen molar-refractivity contribution in [1.82, 2.24) is 0 Å². The molecule has 0 heterocycles. The van der Waals surface area contributed by atoms with E-state index in [2.05, 4.69) is 38.1 Å². The van der Waals surface area contributed by atoms with Crippen molar-refractivity contribution in [3.63, 3.8) is 0 Å². The highest BCUT2D eigenvalue weighted by molar-refractivity contribution is 5.30. The Balaban J connectivity index is 2.28. The molecule has 2 nitrogen and oxygen atoms in total. The van der Waals surface area contributed by atoms with Crippen LogP contribution in [-0.4, -0.2) is 12.2 Å². The Hall–Kier alpha value is -0.860. The minimum absolute atomic E-state index is 0.000972. The van der Waals surface area contributed by atoms with Gasteiger partial charge < -0.3 is 10.5 Å². The molecule has 1 aliphatic carbocycles. The molecular formula is C16H25NO. The summed E-state index contributed by atoms with van der Waals surface area (Å²) >= 11 is 0. The second kappa shape index (κ2) is 5.85. The first-order chi connectivity index (χ1) is 8.69. The summed E-state index contributed by atoms with van der Waals surface area (Å²) in [6, 6.07) is 8.43. The van der Waals surface area contributed by atoms with Gasteiger partial charge in [0.05, 0.1) is 11.6 Å². The van der Waals surface area contributed by atoms with Gasteiger partial charge in [-0.05, 0) is 37.8 Å². The Morgan fingerprint density at radius 3 is 2.50 bits per heavy atom. The molecule has 0 radical (unpaired) electrons. The zero-order valence-electron chi connectivity index (χ0n) is 11.6. The SMILES string of the molecule is CCOC1(C(N)c2ccccc2C)CCCCC1. The van der Waals surface area contributed by atoms with Gasteiger partial charge in [-0.25, -0.2) is 0 Å². The van der Waals surface area contributed by atoms with E-state index in [0.29, 0.717) is 0 Å². The fraction of sp³-hybridized carbons (Fsp3) is 0.625. The zero-order valence-corrected chi connectivity index (χ0v) is 11.6. The molecule has 2 rings (SSSR count). The minimum Gasteiger partial charge on any atom is -0.373 e. The lowest BCUT2D eigenvalue weighted by molar-refractivity contribution is -0.0831. The van der Waals surface area contributed by atoms with Crippen LogP contribution in [0.2, 0.25) is 0 Å². The van der Waals surface area contributed by atoms with Gasteiger partial charge in [0.2, 0.25) is 0 Å². The van der Waals surface area contributed by atoms with Gasteiger partial charge in [0.1, 0.15) is 0 Å². The number of aryl methyl sites for hydroxylation is 1. The first-order valence-electron chi connectivity index (χ1n) is 7.15. The van der Waals surface area contributed by atoms with Crippen LogP contribution in [-0.2, 0) is 4.74 Å². The highest BCUT2D eigenvalue weighted by atomic mass is 16.5. The predicted octanol–water partition coefficient (Wildman–Crippen LogP) is 3.73. The standard InChI is InChI=1S/C16H25NO/c1-3-18-16(11-7-4-8-12-16)15(17)14-10-6-5-9-13(14)2/h5-6,9-10,15H,3-4,7-8,11-12,17H2,1-2H3. The van der Waals surface area contributed by atoms with E-state index >= 15 is 0 Å². The molecule has 2 N–H and O–H groups in total. The van der Waals surface area contributed by atoms with Crippen LogP contribution in [0.4, 0.5) is 0 Å². The first-order valence-corrected chi connectivity index (χ1v) is 7.15. The normalized spacial score (nSPS) is 20.6. The summed E-state index contributed by atoms with van der Waals surface area (Å²) in [6.45, 7) is 4.96. The molecule has 1 aromatic carbocycles. The van der Waals surface area contributed by atoms with Crippen LogP contribution >= 0.6 is 0 Å². The fourth-order valence-corrected chi connectivity index (χ4v) is 3.20. The summed E-state index contributed by atoms with van der Waals surface area (Å²) in [7, 11) is 0. The van der Waals surface area contributed by atoms with Gasteiger partial charge in [-0.2, -0.15) is 0 Å². The van der Waals surface area contributed by atoms with Crippen molar-refractivity contribution in [3.05, 3.63) is 35.4 Å². The number of ether oxygens (including phenoxy) is 1. The largest absolute Gasteiger partial charge is 0.373 e. The van der Waals surface area contributed by atoms with Crippen LogP contribution in [0.1, 0.15) is 56.2 Å². The van der Waals surface area contributed by atoms with Gasteiger partial charge >= 0.3 is 0 Å². The van der Waals surface area contributed by atoms with Crippen LogP contribution in [0.25, 0.3) is 0 Å². The zero-order chi connectivity index (χ0) is 13.0. The molecule has 0 aromatic heterocycles. The third-order valence-electron chi connectivity index (χ3n) is 4.22. The Bertz CT molecular complexity index is 377. The lowest BCUT2D eigenvalue weighted by Gasteiger charge is -2.42. The molecule has 1 unspecified atom stereocenters. The topological polar surface area (TPSA) is 35.2 Å². The third-order valence-corrected chi connectivity index (χ3v) is 4.22. The average molecular weight is 247 g/mol. The molecule has 1 aliphatic rings. The maximum Gasteiger partial charge on any atom is 0.0874 e. The highest BCUT2D eigenvalue weighted by Crippen LogP contribution is 2.40. The molecule has 0 saturated heterocycles. The molecule has 18 heavy (non-hydrogen) atoms. The van der Waals surface area contributed by atoms with Crippen LogP contribution in [0.3, 0.4) is 0 Å². The molecule has 0 spiro atoms. The summed E-state index contributed by atoms with van der Waals surface area (Å²) in [5.74, 6) is 0.